The number of hydrogen-bond acceptors (Lipinski definition) is 5. The van der Waals surface area contributed by atoms with Gasteiger partial charge in [-0.25, -0.2) is 4.98 Å². The van der Waals surface area contributed by atoms with Gasteiger partial charge >= 0.3 is 0 Å². The topological polar surface area (TPSA) is 57.3 Å². The lowest BCUT2D eigenvalue weighted by molar-refractivity contribution is -0.0733. The molecule has 3 saturated heterocycles. The maximum absolute atomic E-state index is 5.48. The number of rotatable bonds is 5. The molecule has 0 saturated carbocycles. The number of aromatic amines is 1. The summed E-state index contributed by atoms with van der Waals surface area (Å²) in [5.41, 5.74) is 1.40. The molecule has 0 spiro atoms. The van der Waals surface area contributed by atoms with Crippen molar-refractivity contribution in [3.8, 4) is 5.75 Å². The Kier molecular flexibility index (Phi) is 5.31. The first-order valence-electron chi connectivity index (χ1n) is 11.2. The van der Waals surface area contributed by atoms with Crippen LogP contribution in [0.2, 0.25) is 0 Å². The molecule has 0 amide bonds. The zero-order valence-corrected chi connectivity index (χ0v) is 17.7. The Bertz CT molecular complexity index is 836. The summed E-state index contributed by atoms with van der Waals surface area (Å²) in [6.07, 6.45) is 6.59. The highest BCUT2D eigenvalue weighted by atomic mass is 16.5. The molecule has 6 heteroatoms. The Balaban J connectivity index is 1.37. The van der Waals surface area contributed by atoms with Crippen molar-refractivity contribution in [2.75, 3.05) is 26.7 Å². The van der Waals surface area contributed by atoms with Gasteiger partial charge in [-0.15, -0.1) is 0 Å². The first kappa shape index (κ1) is 19.1. The number of aromatic nitrogens is 3. The summed E-state index contributed by atoms with van der Waals surface area (Å²) in [7, 11) is 1.76. The summed E-state index contributed by atoms with van der Waals surface area (Å²) in [5.74, 6) is 4.32. The molecule has 29 heavy (non-hydrogen) atoms. The number of piperidine rings is 3. The molecule has 1 aromatic carbocycles. The molecule has 4 atom stereocenters. The van der Waals surface area contributed by atoms with E-state index in [1.54, 1.807) is 7.11 Å². The Morgan fingerprint density at radius 3 is 2.93 bits per heavy atom. The van der Waals surface area contributed by atoms with E-state index in [2.05, 4.69) is 43.2 Å². The van der Waals surface area contributed by atoms with Gasteiger partial charge in [0.2, 0.25) is 0 Å². The van der Waals surface area contributed by atoms with Gasteiger partial charge in [0.05, 0.1) is 13.7 Å². The van der Waals surface area contributed by atoms with E-state index in [1.165, 1.54) is 44.3 Å². The highest BCUT2D eigenvalue weighted by Crippen LogP contribution is 2.42. The molecular formula is C23H33N5O. The van der Waals surface area contributed by atoms with Crippen molar-refractivity contribution in [1.82, 2.24) is 25.0 Å². The largest absolute Gasteiger partial charge is 0.497 e. The summed E-state index contributed by atoms with van der Waals surface area (Å²) in [4.78, 5) is 10.1. The molecule has 0 unspecified atom stereocenters. The third kappa shape index (κ3) is 3.92. The van der Waals surface area contributed by atoms with E-state index < -0.39 is 0 Å². The van der Waals surface area contributed by atoms with E-state index in [-0.39, 0.29) is 0 Å². The van der Waals surface area contributed by atoms with Crippen molar-refractivity contribution >= 4 is 0 Å². The fourth-order valence-electron chi connectivity index (χ4n) is 6.12. The second kappa shape index (κ2) is 8.07. The predicted molar refractivity (Wildman–Crippen MR) is 113 cm³/mol. The molecule has 156 valence electrons. The molecule has 4 heterocycles. The second-order valence-electron chi connectivity index (χ2n) is 9.21. The van der Waals surface area contributed by atoms with Crippen LogP contribution >= 0.6 is 0 Å². The van der Waals surface area contributed by atoms with Gasteiger partial charge in [0, 0.05) is 25.2 Å². The molecule has 1 N–H and O–H groups in total. The summed E-state index contributed by atoms with van der Waals surface area (Å²) in [6, 6.07) is 10.0. The van der Waals surface area contributed by atoms with E-state index in [1.807, 2.05) is 13.0 Å². The fraction of sp³-hybridized carbons (Fsp3) is 0.652. The monoisotopic (exact) mass is 395 g/mol. The van der Waals surface area contributed by atoms with Crippen molar-refractivity contribution in [1.29, 1.82) is 0 Å². The number of nitrogens with one attached hydrogen (secondary N) is 1. The lowest BCUT2D eigenvalue weighted by Gasteiger charge is -2.57. The minimum atomic E-state index is 0.625. The Morgan fingerprint density at radius 2 is 2.10 bits per heavy atom. The molecule has 3 aliphatic rings. The highest BCUT2D eigenvalue weighted by Gasteiger charge is 2.47. The van der Waals surface area contributed by atoms with Crippen LogP contribution < -0.4 is 4.74 Å². The first-order valence-corrected chi connectivity index (χ1v) is 11.2. The van der Waals surface area contributed by atoms with Crippen LogP contribution in [0.4, 0.5) is 0 Å². The van der Waals surface area contributed by atoms with Gasteiger partial charge in [0.15, 0.2) is 5.82 Å². The van der Waals surface area contributed by atoms with Crippen LogP contribution in [0.3, 0.4) is 0 Å². The van der Waals surface area contributed by atoms with Crippen molar-refractivity contribution in [3.63, 3.8) is 0 Å². The maximum Gasteiger partial charge on any atom is 0.164 e. The third-order valence-electron chi connectivity index (χ3n) is 7.28. The quantitative estimate of drug-likeness (QED) is 0.843. The summed E-state index contributed by atoms with van der Waals surface area (Å²) in [5, 5.41) is 7.39. The molecule has 6 nitrogen and oxygen atoms in total. The van der Waals surface area contributed by atoms with Crippen molar-refractivity contribution in [2.24, 2.45) is 11.8 Å². The van der Waals surface area contributed by atoms with Crippen molar-refractivity contribution in [3.05, 3.63) is 41.5 Å². The highest BCUT2D eigenvalue weighted by molar-refractivity contribution is 5.29. The Labute approximate surface area is 173 Å². The number of benzene rings is 1. The smallest absolute Gasteiger partial charge is 0.164 e. The van der Waals surface area contributed by atoms with Crippen LogP contribution in [-0.2, 0) is 13.0 Å². The van der Waals surface area contributed by atoms with E-state index in [9.17, 15) is 0 Å². The minimum Gasteiger partial charge on any atom is -0.497 e. The number of fused-ring (bicyclic) bond motifs is 4. The molecule has 3 fully saturated rings. The zero-order valence-electron chi connectivity index (χ0n) is 17.7. The molecule has 0 aliphatic carbocycles. The van der Waals surface area contributed by atoms with E-state index in [0.29, 0.717) is 12.0 Å². The van der Waals surface area contributed by atoms with Gasteiger partial charge in [0.1, 0.15) is 11.6 Å². The molecule has 1 aromatic heterocycles. The number of nitrogens with zero attached hydrogens (tertiary/aromatic N) is 4. The lowest BCUT2D eigenvalue weighted by atomic mass is 9.71. The van der Waals surface area contributed by atoms with Crippen LogP contribution in [0.5, 0.6) is 5.75 Å². The van der Waals surface area contributed by atoms with Crippen molar-refractivity contribution < 1.29 is 4.74 Å². The van der Waals surface area contributed by atoms with Gasteiger partial charge in [-0.1, -0.05) is 18.6 Å². The van der Waals surface area contributed by atoms with Crippen LogP contribution in [0, 0.1) is 18.8 Å². The predicted octanol–water partition coefficient (Wildman–Crippen LogP) is 3.04. The molecule has 3 aliphatic heterocycles. The van der Waals surface area contributed by atoms with E-state index in [0.717, 1.165) is 48.9 Å². The minimum absolute atomic E-state index is 0.625. The van der Waals surface area contributed by atoms with E-state index >= 15 is 0 Å². The molecule has 0 radical (unpaired) electrons. The van der Waals surface area contributed by atoms with Crippen LogP contribution in [-0.4, -0.2) is 63.8 Å². The van der Waals surface area contributed by atoms with Gasteiger partial charge in [-0.3, -0.25) is 14.9 Å². The Hall–Kier alpha value is -1.92. The SMILES string of the molecule is COc1cccc(C[C@H]2[C@H]3C[C@H](CN(Cc4n[nH]c(C)n4)C3)[C@@H]3CCCCN32)c1. The lowest BCUT2D eigenvalue weighted by Crippen LogP contribution is -2.63. The number of aryl methyl sites for hydroxylation is 1. The maximum atomic E-state index is 5.48. The summed E-state index contributed by atoms with van der Waals surface area (Å²) in [6.45, 7) is 6.47. The number of hydrogen-bond donors (Lipinski definition) is 1. The molecule has 5 rings (SSSR count). The summed E-state index contributed by atoms with van der Waals surface area (Å²) >= 11 is 0. The zero-order chi connectivity index (χ0) is 19.8. The number of methoxy groups -OCH3 is 1. The average molecular weight is 396 g/mol. The van der Waals surface area contributed by atoms with Gasteiger partial charge in [0.25, 0.3) is 0 Å². The van der Waals surface area contributed by atoms with E-state index in [4.69, 9.17) is 4.74 Å². The molecule has 2 aromatic rings. The van der Waals surface area contributed by atoms with Gasteiger partial charge < -0.3 is 4.74 Å². The number of H-pyrrole nitrogens is 1. The molecular weight excluding hydrogens is 362 g/mol. The molecule has 2 bridgehead atoms. The Morgan fingerprint density at radius 1 is 1.21 bits per heavy atom. The number of ether oxygens (including phenoxy) is 1. The standard InChI is InChI=1S/C23H33N5O/c1-16-24-23(26-25-16)15-27-13-18-12-19(14-27)22(28-9-4-3-8-21(18)28)11-17-6-5-7-20(10-17)29-2/h5-7,10,18-19,21-22H,3-4,8-9,11-15H2,1-2H3,(H,24,25,26)/t18-,19+,21+,22+/m1/s1. The van der Waals surface area contributed by atoms with Crippen molar-refractivity contribution in [2.45, 2.75) is 57.7 Å². The van der Waals surface area contributed by atoms with Crippen LogP contribution in [0.15, 0.2) is 24.3 Å². The van der Waals surface area contributed by atoms with Crippen LogP contribution in [0.25, 0.3) is 0 Å². The van der Waals surface area contributed by atoms with Gasteiger partial charge in [-0.2, -0.15) is 5.10 Å². The summed E-state index contributed by atoms with van der Waals surface area (Å²) < 4.78 is 5.48. The third-order valence-corrected chi connectivity index (χ3v) is 7.28. The fourth-order valence-corrected chi connectivity index (χ4v) is 6.12. The average Bonchev–Trinajstić information content (AvgIpc) is 3.16. The second-order valence-corrected chi connectivity index (χ2v) is 9.21. The normalized spacial score (nSPS) is 30.1. The van der Waals surface area contributed by atoms with Crippen LogP contribution in [0.1, 0.15) is 42.9 Å². The number of likely N-dealkylation sites (tertiary alicyclic amines) is 1. The first-order chi connectivity index (χ1) is 14.2. The van der Waals surface area contributed by atoms with Gasteiger partial charge in [-0.05, 0) is 68.7 Å².